The maximum absolute atomic E-state index is 12.9. The maximum Gasteiger partial charge on any atom is 0.213 e. The zero-order chi connectivity index (χ0) is 17.2. The molecular formula is C20H18N2O2. The smallest absolute Gasteiger partial charge is 0.213 e. The first-order valence-corrected chi connectivity index (χ1v) is 7.98. The SMILES string of the molecule is Cc1ccc(C)c2c1N/C(=C1/Nc3c(C)ccc(C)c3C1=O)C2=O. The van der Waals surface area contributed by atoms with Gasteiger partial charge in [0.15, 0.2) is 0 Å². The lowest BCUT2D eigenvalue weighted by Gasteiger charge is -2.06. The highest BCUT2D eigenvalue weighted by Crippen LogP contribution is 2.39. The van der Waals surface area contributed by atoms with Crippen LogP contribution in [0.25, 0.3) is 0 Å². The number of anilines is 2. The maximum atomic E-state index is 12.9. The van der Waals surface area contributed by atoms with Crippen molar-refractivity contribution in [1.29, 1.82) is 0 Å². The molecule has 0 aromatic heterocycles. The van der Waals surface area contributed by atoms with Crippen LogP contribution in [0.15, 0.2) is 35.7 Å². The van der Waals surface area contributed by atoms with Crippen molar-refractivity contribution < 1.29 is 9.59 Å². The number of fused-ring (bicyclic) bond motifs is 2. The molecule has 0 atom stereocenters. The molecule has 4 rings (SSSR count). The van der Waals surface area contributed by atoms with Gasteiger partial charge in [-0.1, -0.05) is 24.3 Å². The second-order valence-corrected chi connectivity index (χ2v) is 6.56. The Morgan fingerprint density at radius 1 is 0.583 bits per heavy atom. The highest BCUT2D eigenvalue weighted by atomic mass is 16.1. The molecular weight excluding hydrogens is 300 g/mol. The van der Waals surface area contributed by atoms with Crippen molar-refractivity contribution in [3.05, 3.63) is 69.0 Å². The van der Waals surface area contributed by atoms with Crippen molar-refractivity contribution in [2.24, 2.45) is 0 Å². The molecule has 0 radical (unpaired) electrons. The van der Waals surface area contributed by atoms with E-state index in [0.717, 1.165) is 33.6 Å². The molecule has 4 nitrogen and oxygen atoms in total. The number of ketones is 2. The van der Waals surface area contributed by atoms with Gasteiger partial charge in [-0.05, 0) is 49.9 Å². The standard InChI is InChI=1S/C20H18N2O2/c1-9-5-7-11(3)15-13(9)19(23)17(21-15)18-20(24)14-10(2)6-8-12(4)16(14)22-18/h5-8,21-22H,1-4H3/b18-17+. The second kappa shape index (κ2) is 4.81. The lowest BCUT2D eigenvalue weighted by Crippen LogP contribution is -2.13. The van der Waals surface area contributed by atoms with Gasteiger partial charge >= 0.3 is 0 Å². The molecule has 2 aromatic rings. The molecule has 0 aliphatic carbocycles. The van der Waals surface area contributed by atoms with Gasteiger partial charge in [0.1, 0.15) is 11.4 Å². The van der Waals surface area contributed by atoms with E-state index >= 15 is 0 Å². The number of carbonyl (C=O) groups is 2. The molecule has 2 N–H and O–H groups in total. The third-order valence-electron chi connectivity index (χ3n) is 4.90. The molecule has 4 heteroatoms. The van der Waals surface area contributed by atoms with E-state index in [0.29, 0.717) is 22.5 Å². The Hall–Kier alpha value is -2.88. The third kappa shape index (κ3) is 1.80. The largest absolute Gasteiger partial charge is 0.350 e. The summed E-state index contributed by atoms with van der Waals surface area (Å²) in [6.45, 7) is 7.75. The molecule has 0 bridgehead atoms. The minimum atomic E-state index is -0.120. The number of aryl methyl sites for hydroxylation is 4. The molecule has 0 amide bonds. The van der Waals surface area contributed by atoms with Crippen LogP contribution < -0.4 is 10.6 Å². The van der Waals surface area contributed by atoms with Crippen molar-refractivity contribution in [2.45, 2.75) is 27.7 Å². The van der Waals surface area contributed by atoms with Crippen LogP contribution in [0.1, 0.15) is 43.0 Å². The summed E-state index contributed by atoms with van der Waals surface area (Å²) in [5.41, 5.74) is 7.46. The molecule has 2 aliphatic heterocycles. The lowest BCUT2D eigenvalue weighted by atomic mass is 9.99. The Morgan fingerprint density at radius 3 is 1.25 bits per heavy atom. The number of Topliss-reactive ketones (excluding diaryl/α,β-unsaturated/α-hetero) is 2. The van der Waals surface area contributed by atoms with E-state index in [2.05, 4.69) is 10.6 Å². The molecule has 0 saturated heterocycles. The third-order valence-corrected chi connectivity index (χ3v) is 4.90. The quantitative estimate of drug-likeness (QED) is 0.720. The summed E-state index contributed by atoms with van der Waals surface area (Å²) in [5.74, 6) is -0.240. The average Bonchev–Trinajstić information content (AvgIpc) is 3.07. The Balaban J connectivity index is 1.90. The lowest BCUT2D eigenvalue weighted by molar-refractivity contribution is 0.101. The minimum absolute atomic E-state index is 0.120. The predicted octanol–water partition coefficient (Wildman–Crippen LogP) is 4.05. The summed E-state index contributed by atoms with van der Waals surface area (Å²) in [6.07, 6.45) is 0. The van der Waals surface area contributed by atoms with Crippen LogP contribution in [0.4, 0.5) is 11.4 Å². The summed E-state index contributed by atoms with van der Waals surface area (Å²) in [5, 5.41) is 6.37. The first kappa shape index (κ1) is 14.7. The van der Waals surface area contributed by atoms with E-state index in [9.17, 15) is 9.59 Å². The molecule has 2 heterocycles. The molecule has 0 spiro atoms. The fourth-order valence-corrected chi connectivity index (χ4v) is 3.49. The monoisotopic (exact) mass is 318 g/mol. The van der Waals surface area contributed by atoms with Crippen LogP contribution in [0.3, 0.4) is 0 Å². The highest BCUT2D eigenvalue weighted by Gasteiger charge is 2.37. The number of benzene rings is 2. The number of carbonyl (C=O) groups excluding carboxylic acids is 2. The average molecular weight is 318 g/mol. The van der Waals surface area contributed by atoms with Crippen LogP contribution in [0.2, 0.25) is 0 Å². The van der Waals surface area contributed by atoms with Crippen molar-refractivity contribution in [3.63, 3.8) is 0 Å². The first-order valence-electron chi connectivity index (χ1n) is 7.98. The topological polar surface area (TPSA) is 58.2 Å². The van der Waals surface area contributed by atoms with Crippen LogP contribution in [-0.4, -0.2) is 11.6 Å². The van der Waals surface area contributed by atoms with Gasteiger partial charge in [0, 0.05) is 0 Å². The zero-order valence-electron chi connectivity index (χ0n) is 14.1. The van der Waals surface area contributed by atoms with Crippen LogP contribution >= 0.6 is 0 Å². The molecule has 0 fully saturated rings. The van der Waals surface area contributed by atoms with Gasteiger partial charge in [0.25, 0.3) is 0 Å². The normalized spacial score (nSPS) is 18.3. The van der Waals surface area contributed by atoms with E-state index in [-0.39, 0.29) is 11.6 Å². The van der Waals surface area contributed by atoms with Crippen LogP contribution in [-0.2, 0) is 0 Å². The summed E-state index contributed by atoms with van der Waals surface area (Å²) in [7, 11) is 0. The van der Waals surface area contributed by atoms with Gasteiger partial charge in [-0.25, -0.2) is 0 Å². The molecule has 0 unspecified atom stereocenters. The van der Waals surface area contributed by atoms with E-state index in [4.69, 9.17) is 0 Å². The summed E-state index contributed by atoms with van der Waals surface area (Å²) in [6, 6.07) is 7.84. The Bertz CT molecular complexity index is 904. The van der Waals surface area contributed by atoms with Gasteiger partial charge in [-0.3, -0.25) is 9.59 Å². The highest BCUT2D eigenvalue weighted by molar-refractivity contribution is 6.28. The van der Waals surface area contributed by atoms with Crippen molar-refractivity contribution in [1.82, 2.24) is 0 Å². The summed E-state index contributed by atoms with van der Waals surface area (Å²) >= 11 is 0. The predicted molar refractivity (Wildman–Crippen MR) is 94.8 cm³/mol. The molecule has 2 aliphatic rings. The second-order valence-electron chi connectivity index (χ2n) is 6.56. The number of rotatable bonds is 0. The summed E-state index contributed by atoms with van der Waals surface area (Å²) < 4.78 is 0. The number of hydrogen-bond acceptors (Lipinski definition) is 4. The van der Waals surface area contributed by atoms with Crippen molar-refractivity contribution in [3.8, 4) is 0 Å². The van der Waals surface area contributed by atoms with Gasteiger partial charge < -0.3 is 10.6 Å². The van der Waals surface area contributed by atoms with Gasteiger partial charge in [0.05, 0.1) is 22.5 Å². The van der Waals surface area contributed by atoms with Crippen molar-refractivity contribution in [2.75, 3.05) is 10.6 Å². The van der Waals surface area contributed by atoms with Gasteiger partial charge in [-0.15, -0.1) is 0 Å². The molecule has 24 heavy (non-hydrogen) atoms. The van der Waals surface area contributed by atoms with E-state index in [1.807, 2.05) is 52.0 Å². The minimum Gasteiger partial charge on any atom is -0.350 e. The number of allylic oxidation sites excluding steroid dienone is 2. The van der Waals surface area contributed by atoms with Crippen LogP contribution in [0, 0.1) is 27.7 Å². The fraction of sp³-hybridized carbons (Fsp3) is 0.200. The Labute approximate surface area is 140 Å². The number of nitrogens with one attached hydrogen (secondary N) is 2. The van der Waals surface area contributed by atoms with Crippen LogP contribution in [0.5, 0.6) is 0 Å². The fourth-order valence-electron chi connectivity index (χ4n) is 3.49. The van der Waals surface area contributed by atoms with Gasteiger partial charge in [0.2, 0.25) is 11.6 Å². The molecule has 120 valence electrons. The van der Waals surface area contributed by atoms with Gasteiger partial charge in [-0.2, -0.15) is 0 Å². The van der Waals surface area contributed by atoms with E-state index < -0.39 is 0 Å². The molecule has 0 saturated carbocycles. The Kier molecular flexibility index (Phi) is 2.94. The Morgan fingerprint density at radius 2 is 0.917 bits per heavy atom. The van der Waals surface area contributed by atoms with E-state index in [1.54, 1.807) is 0 Å². The summed E-state index contributed by atoms with van der Waals surface area (Å²) in [4.78, 5) is 25.8. The van der Waals surface area contributed by atoms with Crippen molar-refractivity contribution >= 4 is 22.9 Å². The number of hydrogen-bond donors (Lipinski definition) is 2. The zero-order valence-corrected chi connectivity index (χ0v) is 14.1. The van der Waals surface area contributed by atoms with E-state index in [1.165, 1.54) is 0 Å². The molecule has 2 aromatic carbocycles. The first-order chi connectivity index (χ1) is 11.4.